The molecule has 3 heterocycles. The highest BCUT2D eigenvalue weighted by atomic mass is 16.2. The summed E-state index contributed by atoms with van der Waals surface area (Å²) in [4.78, 5) is 33.2. The molecule has 3 rings (SSSR count). The standard InChI is InChI=1S/C21H31N3O2/c1-2-3-13-23-16-21(11-9-20(23)26)10-5-14-24(17-21)19(25)8-7-18-6-4-12-22-15-18/h4,6,12,15H,2-3,5,7-11,13-14,16-17H2,1H3. The summed E-state index contributed by atoms with van der Waals surface area (Å²) in [7, 11) is 0. The van der Waals surface area contributed by atoms with E-state index in [0.717, 1.165) is 70.3 Å². The van der Waals surface area contributed by atoms with Gasteiger partial charge in [0.2, 0.25) is 11.8 Å². The molecule has 0 bridgehead atoms. The maximum absolute atomic E-state index is 12.7. The van der Waals surface area contributed by atoms with Crippen LogP contribution in [-0.4, -0.2) is 52.8 Å². The van der Waals surface area contributed by atoms with Gasteiger partial charge in [0, 0.05) is 56.8 Å². The van der Waals surface area contributed by atoms with Gasteiger partial charge in [-0.1, -0.05) is 19.4 Å². The van der Waals surface area contributed by atoms with Crippen LogP contribution >= 0.6 is 0 Å². The molecular formula is C21H31N3O2. The van der Waals surface area contributed by atoms with Crippen LogP contribution in [0, 0.1) is 5.41 Å². The van der Waals surface area contributed by atoms with Gasteiger partial charge in [-0.15, -0.1) is 0 Å². The lowest BCUT2D eigenvalue weighted by Gasteiger charge is -2.48. The molecule has 0 saturated carbocycles. The Labute approximate surface area is 156 Å². The molecular weight excluding hydrogens is 326 g/mol. The summed E-state index contributed by atoms with van der Waals surface area (Å²) in [5.74, 6) is 0.536. The zero-order valence-electron chi connectivity index (χ0n) is 16.0. The molecule has 1 atom stereocenters. The van der Waals surface area contributed by atoms with Gasteiger partial charge in [0.05, 0.1) is 0 Å². The number of nitrogens with zero attached hydrogens (tertiary/aromatic N) is 3. The van der Waals surface area contributed by atoms with Gasteiger partial charge in [-0.05, 0) is 43.7 Å². The summed E-state index contributed by atoms with van der Waals surface area (Å²) in [6, 6.07) is 3.94. The molecule has 2 fully saturated rings. The lowest BCUT2D eigenvalue weighted by molar-refractivity contribution is -0.143. The third-order valence-corrected chi connectivity index (χ3v) is 5.89. The largest absolute Gasteiger partial charge is 0.342 e. The third-order valence-electron chi connectivity index (χ3n) is 5.89. The maximum Gasteiger partial charge on any atom is 0.222 e. The monoisotopic (exact) mass is 357 g/mol. The lowest BCUT2D eigenvalue weighted by atomic mass is 9.73. The van der Waals surface area contributed by atoms with Crippen LogP contribution in [0.25, 0.3) is 0 Å². The normalized spacial score (nSPS) is 23.5. The molecule has 2 amide bonds. The average molecular weight is 357 g/mol. The number of amides is 2. The fourth-order valence-electron chi connectivity index (χ4n) is 4.36. The summed E-state index contributed by atoms with van der Waals surface area (Å²) in [5.41, 5.74) is 1.23. The Morgan fingerprint density at radius 2 is 2.19 bits per heavy atom. The summed E-state index contributed by atoms with van der Waals surface area (Å²) < 4.78 is 0. The van der Waals surface area contributed by atoms with Gasteiger partial charge in [0.25, 0.3) is 0 Å². The number of piperidine rings is 2. The van der Waals surface area contributed by atoms with Crippen molar-refractivity contribution in [1.29, 1.82) is 0 Å². The fraction of sp³-hybridized carbons (Fsp3) is 0.667. The first-order valence-electron chi connectivity index (χ1n) is 10.1. The van der Waals surface area contributed by atoms with Gasteiger partial charge in [0.15, 0.2) is 0 Å². The van der Waals surface area contributed by atoms with Crippen molar-refractivity contribution >= 4 is 11.8 Å². The minimum atomic E-state index is 0.115. The quantitative estimate of drug-likeness (QED) is 0.786. The van der Waals surface area contributed by atoms with Crippen molar-refractivity contribution < 1.29 is 9.59 Å². The molecule has 2 saturated heterocycles. The van der Waals surface area contributed by atoms with Crippen molar-refractivity contribution in [2.24, 2.45) is 5.41 Å². The minimum absolute atomic E-state index is 0.115. The maximum atomic E-state index is 12.7. The Hall–Kier alpha value is -1.91. The predicted octanol–water partition coefficient (Wildman–Crippen LogP) is 3.05. The number of rotatable bonds is 6. The van der Waals surface area contributed by atoms with E-state index in [1.807, 2.05) is 23.2 Å². The Bertz CT molecular complexity index is 619. The molecule has 5 heteroatoms. The van der Waals surface area contributed by atoms with Gasteiger partial charge >= 0.3 is 0 Å². The Morgan fingerprint density at radius 3 is 2.96 bits per heavy atom. The second kappa shape index (κ2) is 8.65. The van der Waals surface area contributed by atoms with Crippen molar-refractivity contribution in [3.05, 3.63) is 30.1 Å². The number of aromatic nitrogens is 1. The molecule has 0 aromatic carbocycles. The van der Waals surface area contributed by atoms with Crippen LogP contribution in [0.2, 0.25) is 0 Å². The number of carbonyl (C=O) groups is 2. The van der Waals surface area contributed by atoms with Crippen molar-refractivity contribution in [3.8, 4) is 0 Å². The highest BCUT2D eigenvalue weighted by Gasteiger charge is 2.42. The van der Waals surface area contributed by atoms with Crippen LogP contribution < -0.4 is 0 Å². The molecule has 1 aromatic heterocycles. The van der Waals surface area contributed by atoms with Crippen molar-refractivity contribution in [2.45, 2.75) is 58.3 Å². The van der Waals surface area contributed by atoms with Gasteiger partial charge in [-0.3, -0.25) is 14.6 Å². The second-order valence-electron chi connectivity index (χ2n) is 7.95. The molecule has 5 nitrogen and oxygen atoms in total. The van der Waals surface area contributed by atoms with Gasteiger partial charge in [0.1, 0.15) is 0 Å². The zero-order valence-corrected chi connectivity index (χ0v) is 16.0. The number of pyridine rings is 1. The second-order valence-corrected chi connectivity index (χ2v) is 7.95. The van der Waals surface area contributed by atoms with E-state index in [1.165, 1.54) is 0 Å². The number of aryl methyl sites for hydroxylation is 1. The number of likely N-dealkylation sites (tertiary alicyclic amines) is 2. The van der Waals surface area contributed by atoms with Crippen LogP contribution in [0.5, 0.6) is 0 Å². The molecule has 1 aromatic rings. The molecule has 1 spiro atoms. The van der Waals surface area contributed by atoms with Gasteiger partial charge in [-0.25, -0.2) is 0 Å². The van der Waals surface area contributed by atoms with E-state index in [1.54, 1.807) is 6.20 Å². The molecule has 1 unspecified atom stereocenters. The summed E-state index contributed by atoms with van der Waals surface area (Å²) in [6.45, 7) is 5.53. The molecule has 142 valence electrons. The van der Waals surface area contributed by atoms with Crippen molar-refractivity contribution in [2.75, 3.05) is 26.2 Å². The molecule has 26 heavy (non-hydrogen) atoms. The van der Waals surface area contributed by atoms with Gasteiger partial charge < -0.3 is 9.80 Å². The van der Waals surface area contributed by atoms with E-state index in [-0.39, 0.29) is 11.3 Å². The van der Waals surface area contributed by atoms with Crippen molar-refractivity contribution in [3.63, 3.8) is 0 Å². The number of hydrogen-bond acceptors (Lipinski definition) is 3. The first kappa shape index (κ1) is 18.9. The van der Waals surface area contributed by atoms with Crippen LogP contribution in [0.3, 0.4) is 0 Å². The SMILES string of the molecule is CCCCN1CC2(CCCN(C(=O)CCc3cccnc3)C2)CCC1=O. The molecule has 2 aliphatic rings. The third kappa shape index (κ3) is 4.63. The lowest BCUT2D eigenvalue weighted by Crippen LogP contribution is -2.55. The van der Waals surface area contributed by atoms with E-state index in [9.17, 15) is 9.59 Å². The highest BCUT2D eigenvalue weighted by Crippen LogP contribution is 2.39. The highest BCUT2D eigenvalue weighted by molar-refractivity contribution is 5.78. The number of unbranched alkanes of at least 4 members (excludes halogenated alkanes) is 1. The van der Waals surface area contributed by atoms with Crippen molar-refractivity contribution in [1.82, 2.24) is 14.8 Å². The smallest absolute Gasteiger partial charge is 0.222 e. The molecule has 0 N–H and O–H groups in total. The first-order valence-corrected chi connectivity index (χ1v) is 10.1. The van der Waals surface area contributed by atoms with Crippen LogP contribution in [-0.2, 0) is 16.0 Å². The summed E-state index contributed by atoms with van der Waals surface area (Å²) in [6.07, 6.45) is 10.8. The van der Waals surface area contributed by atoms with Crippen LogP contribution in [0.15, 0.2) is 24.5 Å². The molecule has 0 radical (unpaired) electrons. The predicted molar refractivity (Wildman–Crippen MR) is 102 cm³/mol. The summed E-state index contributed by atoms with van der Waals surface area (Å²) in [5, 5.41) is 0. The van der Waals surface area contributed by atoms with Crippen LogP contribution in [0.4, 0.5) is 0 Å². The first-order chi connectivity index (χ1) is 12.6. The Kier molecular flexibility index (Phi) is 6.28. The zero-order chi connectivity index (χ0) is 18.4. The minimum Gasteiger partial charge on any atom is -0.342 e. The fourth-order valence-corrected chi connectivity index (χ4v) is 4.36. The van der Waals surface area contributed by atoms with E-state index in [0.29, 0.717) is 18.7 Å². The van der Waals surface area contributed by atoms with E-state index >= 15 is 0 Å². The van der Waals surface area contributed by atoms with E-state index in [4.69, 9.17) is 0 Å². The average Bonchev–Trinajstić information content (AvgIpc) is 2.68. The van der Waals surface area contributed by atoms with Gasteiger partial charge in [-0.2, -0.15) is 0 Å². The van der Waals surface area contributed by atoms with E-state index < -0.39 is 0 Å². The summed E-state index contributed by atoms with van der Waals surface area (Å²) >= 11 is 0. The topological polar surface area (TPSA) is 53.5 Å². The van der Waals surface area contributed by atoms with E-state index in [2.05, 4.69) is 16.8 Å². The number of carbonyl (C=O) groups excluding carboxylic acids is 2. The van der Waals surface area contributed by atoms with Crippen LogP contribution in [0.1, 0.15) is 57.4 Å². The number of hydrogen-bond donors (Lipinski definition) is 0. The Morgan fingerprint density at radius 1 is 1.31 bits per heavy atom. The molecule has 0 aliphatic carbocycles. The Balaban J connectivity index is 1.57. The molecule has 2 aliphatic heterocycles.